The molecule has 0 nitrogen and oxygen atoms in total. The van der Waals surface area contributed by atoms with Crippen LogP contribution in [0, 0.1) is 0 Å². The quantitative estimate of drug-likeness (QED) is 0.486. The summed E-state index contributed by atoms with van der Waals surface area (Å²) in [6.07, 6.45) is 0. The molecule has 0 radical (unpaired) electrons. The van der Waals surface area contributed by atoms with Gasteiger partial charge in [-0.1, -0.05) is 0 Å². The minimum atomic E-state index is -2.69. The third-order valence-corrected chi connectivity index (χ3v) is 0. The minimum absolute atomic E-state index is 0. The van der Waals surface area contributed by atoms with Crippen molar-refractivity contribution in [3.63, 3.8) is 0 Å². The van der Waals surface area contributed by atoms with Crippen molar-refractivity contribution in [3.8, 4) is 0 Å². The second-order valence-electron chi connectivity index (χ2n) is 0.408. The second-order valence-corrected chi connectivity index (χ2v) is 21.7. The van der Waals surface area contributed by atoms with Crippen LogP contribution in [-0.2, 0) is 50.0 Å². The summed E-state index contributed by atoms with van der Waals surface area (Å²) in [5.41, 5.74) is 0. The van der Waals surface area contributed by atoms with E-state index in [9.17, 15) is 0 Å². The van der Waals surface area contributed by atoms with Crippen molar-refractivity contribution in [3.05, 3.63) is 0 Å². The molecule has 0 aliphatic heterocycles. The van der Waals surface area contributed by atoms with Gasteiger partial charge in [-0.3, -0.25) is 0 Å². The van der Waals surface area contributed by atoms with Crippen LogP contribution >= 0.6 is 19.6 Å². The summed E-state index contributed by atoms with van der Waals surface area (Å²) < 4.78 is 0. The van der Waals surface area contributed by atoms with Crippen LogP contribution in [0.3, 0.4) is 0 Å². The zero-order valence-electron chi connectivity index (χ0n) is 2.75. The van der Waals surface area contributed by atoms with Gasteiger partial charge in [-0.2, -0.15) is 0 Å². The summed E-state index contributed by atoms with van der Waals surface area (Å²) in [6.45, 7) is 0. The van der Waals surface area contributed by atoms with E-state index in [1.54, 1.807) is 0 Å². The Hall–Kier alpha value is 2.45. The third-order valence-electron chi connectivity index (χ3n) is 0. The molecule has 0 amide bonds. The fraction of sp³-hybridized carbons (Fsp3) is 0. The summed E-state index contributed by atoms with van der Waals surface area (Å²) in [7, 11) is 15.2. The Morgan fingerprint density at radius 1 is 1.17 bits per heavy atom. The second kappa shape index (κ2) is 4.34. The predicted octanol–water partition coefficient (Wildman–Crippen LogP) is 1.29. The van der Waals surface area contributed by atoms with Gasteiger partial charge in [0.25, 0.3) is 0 Å². The predicted molar refractivity (Wildman–Crippen MR) is 29.9 cm³/mol. The van der Waals surface area contributed by atoms with E-state index in [0.717, 1.165) is 0 Å². The molecule has 0 aliphatic rings. The van der Waals surface area contributed by atoms with Crippen LogP contribution in [0.15, 0.2) is 0 Å². The molecule has 0 heterocycles. The number of hydrogen-bond donors (Lipinski definition) is 0. The van der Waals surface area contributed by atoms with Gasteiger partial charge in [0.05, 0.1) is 0 Å². The van der Waals surface area contributed by atoms with Gasteiger partial charge in [0.2, 0.25) is 0 Å². The van der Waals surface area contributed by atoms with Gasteiger partial charge in [-0.05, 0) is 0 Å². The van der Waals surface area contributed by atoms with Gasteiger partial charge in [0.1, 0.15) is 0 Å². The fourth-order valence-electron chi connectivity index (χ4n) is 0. The fourth-order valence-corrected chi connectivity index (χ4v) is 0. The van der Waals surface area contributed by atoms with Crippen molar-refractivity contribution in [2.75, 3.05) is 0 Å². The minimum Gasteiger partial charge on any atom is 2.00 e. The van der Waals surface area contributed by atoms with Crippen molar-refractivity contribution in [2.45, 2.75) is 0 Å². The van der Waals surface area contributed by atoms with Crippen LogP contribution in [0.25, 0.3) is 0 Å². The van der Waals surface area contributed by atoms with Crippen LogP contribution in [0.4, 0.5) is 0 Å². The maximum atomic E-state index is 4.46. The van der Waals surface area contributed by atoms with Crippen LogP contribution in [-0.4, -0.2) is 0 Å². The molecule has 0 spiro atoms. The Morgan fingerprint density at radius 3 is 1.17 bits per heavy atom. The molecule has 0 aliphatic carbocycles. The van der Waals surface area contributed by atoms with Crippen molar-refractivity contribution < 1.29 is 29.3 Å². The first-order chi connectivity index (χ1) is 2.00. The summed E-state index contributed by atoms with van der Waals surface area (Å²) in [5, 5.41) is 0. The van der Waals surface area contributed by atoms with Gasteiger partial charge in [-0.15, -0.1) is 0 Å². The smallest absolute Gasteiger partial charge is 2.00 e. The van der Waals surface area contributed by atoms with E-state index in [4.69, 9.17) is 0 Å². The largest absolute Gasteiger partial charge is 2.00 e. The molecule has 0 aromatic heterocycles. The van der Waals surface area contributed by atoms with Crippen molar-refractivity contribution in [2.24, 2.45) is 0 Å². The Bertz CT molecular complexity index is 90.7. The topological polar surface area (TPSA) is 0 Å². The van der Waals surface area contributed by atoms with E-state index < -0.39 is 9.86 Å². The first kappa shape index (κ1) is 11.3. The summed E-state index contributed by atoms with van der Waals surface area (Å²) >= 11 is 0. The molecule has 32 valence electrons. The Morgan fingerprint density at radius 2 is 1.17 bits per heavy atom. The molecule has 6 heteroatoms. The SMILES string of the molecule is [S]=[Mo](=[S])([S-])[S-].[Zn+2]. The Balaban J connectivity index is 0. The van der Waals surface area contributed by atoms with Gasteiger partial charge < -0.3 is 0 Å². The molecule has 6 heavy (non-hydrogen) atoms. The van der Waals surface area contributed by atoms with Gasteiger partial charge in [0.15, 0.2) is 0 Å². The molecular formula is MoS4Zn. The van der Waals surface area contributed by atoms with Crippen LogP contribution in [0.2, 0.25) is 0 Å². The van der Waals surface area contributed by atoms with Crippen molar-refractivity contribution in [1.82, 2.24) is 0 Å². The third kappa shape index (κ3) is 31.9. The molecule has 0 fully saturated rings. The van der Waals surface area contributed by atoms with E-state index in [-0.39, 0.29) is 19.5 Å². The van der Waals surface area contributed by atoms with E-state index in [2.05, 4.69) is 40.3 Å². The number of rotatable bonds is 0. The van der Waals surface area contributed by atoms with Crippen LogP contribution < -0.4 is 0 Å². The Labute approximate surface area is 68.5 Å². The standard InChI is InChI=1S/Mo.4S.Zn/q;;;2*-1;+2. The molecule has 0 aromatic rings. The molecule has 0 N–H and O–H groups in total. The van der Waals surface area contributed by atoms with Crippen molar-refractivity contribution in [1.29, 1.82) is 0 Å². The molecule has 0 rings (SSSR count). The van der Waals surface area contributed by atoms with Crippen molar-refractivity contribution >= 4 is 40.3 Å². The average Bonchev–Trinajstić information content (AvgIpc) is 0.722. The van der Waals surface area contributed by atoms with E-state index in [0.29, 0.717) is 0 Å². The molecule has 0 saturated heterocycles. The first-order valence-electron chi connectivity index (χ1n) is 0.667. The van der Waals surface area contributed by atoms with E-state index in [1.807, 2.05) is 0 Å². The van der Waals surface area contributed by atoms with Gasteiger partial charge >= 0.3 is 69.7 Å². The maximum Gasteiger partial charge on any atom is 2.00 e. The summed E-state index contributed by atoms with van der Waals surface area (Å²) in [6, 6.07) is 0. The molecular weight excluding hydrogens is 290 g/mol. The first-order valence-corrected chi connectivity index (χ1v) is 11.8. The molecule has 0 atom stereocenters. The number of hydrogen-bond acceptors (Lipinski definition) is 4. The van der Waals surface area contributed by atoms with E-state index >= 15 is 0 Å². The molecule has 0 saturated carbocycles. The monoisotopic (exact) mass is 290 g/mol. The zero-order chi connectivity index (χ0) is 4.50. The van der Waals surface area contributed by atoms with Crippen LogP contribution in [0.5, 0.6) is 0 Å². The van der Waals surface area contributed by atoms with Gasteiger partial charge in [-0.25, -0.2) is 0 Å². The zero-order valence-corrected chi connectivity index (χ0v) is 11.0. The summed E-state index contributed by atoms with van der Waals surface area (Å²) in [4.78, 5) is 0. The summed E-state index contributed by atoms with van der Waals surface area (Å²) in [5.74, 6) is 0. The molecule has 0 aromatic carbocycles. The normalized spacial score (nSPS) is 9.67. The maximum absolute atomic E-state index is 4.46. The Kier molecular flexibility index (Phi) is 8.16. The average molecular weight is 290 g/mol. The van der Waals surface area contributed by atoms with Gasteiger partial charge in [0, 0.05) is 0 Å². The van der Waals surface area contributed by atoms with Crippen LogP contribution in [0.1, 0.15) is 0 Å². The van der Waals surface area contributed by atoms with E-state index in [1.165, 1.54) is 0 Å². The molecule has 0 bridgehead atoms. The molecule has 0 unspecified atom stereocenters.